The first-order valence-corrected chi connectivity index (χ1v) is 14.8. The van der Waals surface area contributed by atoms with Crippen LogP contribution < -0.4 is 20.7 Å². The lowest BCUT2D eigenvalue weighted by Gasteiger charge is -2.29. The summed E-state index contributed by atoms with van der Waals surface area (Å²) < 4.78 is 16.4. The number of alkyl carbamates (subject to hydrolysis) is 2. The fourth-order valence-corrected chi connectivity index (χ4v) is 4.19. The maximum atomic E-state index is 12.9. The molecule has 45 heavy (non-hydrogen) atoms. The predicted molar refractivity (Wildman–Crippen MR) is 167 cm³/mol. The zero-order chi connectivity index (χ0) is 33.7. The first-order chi connectivity index (χ1) is 21.1. The highest BCUT2D eigenvalue weighted by atomic mass is 16.6. The van der Waals surface area contributed by atoms with Gasteiger partial charge >= 0.3 is 18.2 Å². The number of ether oxygens (including phenoxy) is 3. The Balaban J connectivity index is 1.99. The molecule has 12 heteroatoms. The van der Waals surface area contributed by atoms with Gasteiger partial charge in [-0.25, -0.2) is 14.4 Å². The fourth-order valence-electron chi connectivity index (χ4n) is 4.19. The molecule has 2 aromatic rings. The van der Waals surface area contributed by atoms with Crippen molar-refractivity contribution in [3.05, 3.63) is 65.7 Å². The van der Waals surface area contributed by atoms with E-state index >= 15 is 0 Å². The molecule has 0 aromatic heterocycles. The Bertz CT molecular complexity index is 1290. The zero-order valence-corrected chi connectivity index (χ0v) is 26.9. The molecule has 0 aliphatic rings. The quantitative estimate of drug-likeness (QED) is 0.204. The smallest absolute Gasteiger partial charge is 0.408 e. The van der Waals surface area contributed by atoms with Crippen LogP contribution in [-0.4, -0.2) is 65.3 Å². The number of aliphatic carboxylic acids is 1. The fraction of sp³-hybridized carbons (Fsp3) is 0.485. The van der Waals surface area contributed by atoms with Crippen molar-refractivity contribution in [3.63, 3.8) is 0 Å². The van der Waals surface area contributed by atoms with Gasteiger partial charge in [-0.3, -0.25) is 9.59 Å². The second-order valence-corrected chi connectivity index (χ2v) is 12.3. The number of rotatable bonds is 15. The lowest BCUT2D eigenvalue weighted by molar-refractivity contribution is -0.142. The van der Waals surface area contributed by atoms with Gasteiger partial charge in [-0.15, -0.1) is 0 Å². The maximum Gasteiger partial charge on any atom is 0.408 e. The summed E-state index contributed by atoms with van der Waals surface area (Å²) in [7, 11) is 0. The van der Waals surface area contributed by atoms with Crippen LogP contribution in [0.3, 0.4) is 0 Å². The minimum absolute atomic E-state index is 0.0516. The molecule has 2 aromatic carbocycles. The van der Waals surface area contributed by atoms with Gasteiger partial charge in [-0.2, -0.15) is 0 Å². The van der Waals surface area contributed by atoms with Crippen molar-refractivity contribution >= 4 is 29.8 Å². The number of ketones is 1. The Labute approximate surface area is 264 Å². The van der Waals surface area contributed by atoms with Crippen LogP contribution in [0.2, 0.25) is 0 Å². The van der Waals surface area contributed by atoms with E-state index in [1.807, 2.05) is 44.2 Å². The van der Waals surface area contributed by atoms with Gasteiger partial charge in [0.1, 0.15) is 30.1 Å². The summed E-state index contributed by atoms with van der Waals surface area (Å²) in [6.07, 6.45) is -2.25. The van der Waals surface area contributed by atoms with Crippen LogP contribution in [0.4, 0.5) is 9.59 Å². The lowest BCUT2D eigenvalue weighted by atomic mass is 9.99. The number of carboxylic acid groups (broad SMARTS) is 1. The lowest BCUT2D eigenvalue weighted by Crippen LogP contribution is -2.53. The number of benzene rings is 2. The third-order valence-electron chi connectivity index (χ3n) is 6.32. The van der Waals surface area contributed by atoms with Crippen LogP contribution >= 0.6 is 0 Å². The molecule has 0 unspecified atom stereocenters. The topological polar surface area (TPSA) is 169 Å². The van der Waals surface area contributed by atoms with E-state index in [0.717, 1.165) is 5.56 Å². The molecule has 0 saturated heterocycles. The van der Waals surface area contributed by atoms with Gasteiger partial charge in [-0.1, -0.05) is 58.0 Å². The van der Waals surface area contributed by atoms with Gasteiger partial charge in [0, 0.05) is 5.56 Å². The van der Waals surface area contributed by atoms with Crippen molar-refractivity contribution in [2.24, 2.45) is 11.8 Å². The van der Waals surface area contributed by atoms with Crippen molar-refractivity contribution in [3.8, 4) is 5.75 Å². The van der Waals surface area contributed by atoms with Gasteiger partial charge in [0.15, 0.2) is 11.8 Å². The highest BCUT2D eigenvalue weighted by Gasteiger charge is 2.35. The number of nitrogens with one attached hydrogen (secondary N) is 3. The average Bonchev–Trinajstić information content (AvgIpc) is 2.95. The molecule has 4 N–H and O–H groups in total. The van der Waals surface area contributed by atoms with Gasteiger partial charge in [0.2, 0.25) is 5.91 Å². The summed E-state index contributed by atoms with van der Waals surface area (Å²) in [5.74, 6) is -2.17. The Hall–Kier alpha value is -4.61. The third kappa shape index (κ3) is 13.3. The Morgan fingerprint density at radius 1 is 0.844 bits per heavy atom. The monoisotopic (exact) mass is 627 g/mol. The molecule has 2 rings (SSSR count). The first-order valence-electron chi connectivity index (χ1n) is 14.8. The van der Waals surface area contributed by atoms with Crippen molar-refractivity contribution in [2.45, 2.75) is 85.3 Å². The van der Waals surface area contributed by atoms with E-state index in [0.29, 0.717) is 6.42 Å². The third-order valence-corrected chi connectivity index (χ3v) is 6.32. The van der Waals surface area contributed by atoms with Crippen molar-refractivity contribution in [1.82, 2.24) is 16.0 Å². The molecule has 3 atom stereocenters. The van der Waals surface area contributed by atoms with Gasteiger partial charge in [0.25, 0.3) is 0 Å². The van der Waals surface area contributed by atoms with E-state index in [9.17, 15) is 29.1 Å². The summed E-state index contributed by atoms with van der Waals surface area (Å²) >= 11 is 0. The maximum absolute atomic E-state index is 12.9. The molecule has 0 spiro atoms. The van der Waals surface area contributed by atoms with Crippen molar-refractivity contribution < 1.29 is 43.3 Å². The largest absolute Gasteiger partial charge is 0.487 e. The number of carbonyl (C=O) groups is 5. The summed E-state index contributed by atoms with van der Waals surface area (Å²) in [6, 6.07) is 12.8. The zero-order valence-electron chi connectivity index (χ0n) is 26.9. The second kappa shape index (κ2) is 17.0. The number of amides is 3. The van der Waals surface area contributed by atoms with Gasteiger partial charge < -0.3 is 35.3 Å². The van der Waals surface area contributed by atoms with Gasteiger partial charge in [0.05, 0.1) is 6.54 Å². The highest BCUT2D eigenvalue weighted by Crippen LogP contribution is 2.20. The van der Waals surface area contributed by atoms with Crippen molar-refractivity contribution in [1.29, 1.82) is 0 Å². The van der Waals surface area contributed by atoms with Gasteiger partial charge in [-0.05, 0) is 68.9 Å². The average molecular weight is 628 g/mol. The Morgan fingerprint density at radius 3 is 2.00 bits per heavy atom. The number of Topliss-reactive ketones (excluding diaryl/α,β-unsaturated/α-hetero) is 1. The van der Waals surface area contributed by atoms with Crippen LogP contribution in [0.15, 0.2) is 54.6 Å². The normalized spacial score (nSPS) is 13.3. The second-order valence-electron chi connectivity index (χ2n) is 12.3. The van der Waals surface area contributed by atoms with Crippen LogP contribution in [0, 0.1) is 11.8 Å². The molecule has 0 heterocycles. The molecule has 0 fully saturated rings. The van der Waals surface area contributed by atoms with E-state index in [-0.39, 0.29) is 42.1 Å². The van der Waals surface area contributed by atoms with Crippen LogP contribution in [0.5, 0.6) is 5.75 Å². The molecular formula is C33H45N3O9. The number of hydrogen-bond acceptors (Lipinski definition) is 8. The molecule has 0 bridgehead atoms. The van der Waals surface area contributed by atoms with E-state index < -0.39 is 47.9 Å². The Morgan fingerprint density at radius 2 is 1.47 bits per heavy atom. The SMILES string of the molecule is CC(C)C[C@H](NC(=O)OCc1ccccc1)C(=O)NCC(=O)c1ccc(O[C@@H](C(C)C)[C@H](NC(=O)OC(C)(C)C)C(=O)O)cc1. The molecule has 12 nitrogen and oxygen atoms in total. The molecule has 0 aliphatic carbocycles. The minimum Gasteiger partial charge on any atom is -0.487 e. The summed E-state index contributed by atoms with van der Waals surface area (Å²) in [6.45, 7) is 12.0. The molecule has 0 saturated carbocycles. The summed E-state index contributed by atoms with van der Waals surface area (Å²) in [5, 5.41) is 17.3. The highest BCUT2D eigenvalue weighted by molar-refractivity contribution is 6.00. The standard InChI is InChI=1S/C33H45N3O9/c1-20(2)17-25(35-31(41)43-19-22-11-9-8-10-12-22)29(38)34-18-26(37)23-13-15-24(16-14-23)44-28(21(3)4)27(30(39)40)36-32(42)45-33(5,6)7/h8-16,20-21,25,27-28H,17-19H2,1-7H3,(H,34,38)(H,35,41)(H,36,42)(H,39,40)/t25-,27-,28-/m0/s1. The Kier molecular flexibility index (Phi) is 13.8. The number of hydrogen-bond donors (Lipinski definition) is 4. The minimum atomic E-state index is -1.40. The van der Waals surface area contributed by atoms with Crippen LogP contribution in [-0.2, 0) is 25.7 Å². The molecule has 0 radical (unpaired) electrons. The van der Waals surface area contributed by atoms with Crippen LogP contribution in [0.25, 0.3) is 0 Å². The van der Waals surface area contributed by atoms with E-state index in [1.165, 1.54) is 24.3 Å². The van der Waals surface area contributed by atoms with E-state index in [4.69, 9.17) is 14.2 Å². The van der Waals surface area contributed by atoms with Crippen molar-refractivity contribution in [2.75, 3.05) is 6.54 Å². The van der Waals surface area contributed by atoms with E-state index in [1.54, 1.807) is 34.6 Å². The number of carbonyl (C=O) groups excluding carboxylic acids is 4. The summed E-state index contributed by atoms with van der Waals surface area (Å²) in [4.78, 5) is 62.4. The molecule has 246 valence electrons. The predicted octanol–water partition coefficient (Wildman–Crippen LogP) is 4.71. The molecular weight excluding hydrogens is 582 g/mol. The first kappa shape index (κ1) is 36.6. The van der Waals surface area contributed by atoms with E-state index in [2.05, 4.69) is 16.0 Å². The number of carboxylic acids is 1. The summed E-state index contributed by atoms with van der Waals surface area (Å²) in [5.41, 5.74) is 0.267. The molecule has 0 aliphatic heterocycles. The van der Waals surface area contributed by atoms with Crippen LogP contribution in [0.1, 0.15) is 70.8 Å². The molecule has 3 amide bonds.